The van der Waals surface area contributed by atoms with E-state index in [1.54, 1.807) is 7.11 Å². The third kappa shape index (κ3) is 6.14. The van der Waals surface area contributed by atoms with E-state index in [9.17, 15) is 4.79 Å². The third-order valence-corrected chi connectivity index (χ3v) is 6.37. The first-order valence-electron chi connectivity index (χ1n) is 11.6. The Labute approximate surface area is 202 Å². The van der Waals surface area contributed by atoms with Crippen molar-refractivity contribution in [3.63, 3.8) is 0 Å². The van der Waals surface area contributed by atoms with Gasteiger partial charge in [0.25, 0.3) is 0 Å². The largest absolute Gasteiger partial charge is 0.497 e. The van der Waals surface area contributed by atoms with Crippen molar-refractivity contribution in [1.29, 1.82) is 0 Å². The minimum atomic E-state index is 0. The van der Waals surface area contributed by atoms with Gasteiger partial charge in [-0.3, -0.25) is 4.79 Å². The number of halogens is 1. The molecule has 6 nitrogen and oxygen atoms in total. The van der Waals surface area contributed by atoms with Crippen LogP contribution < -0.4 is 4.74 Å². The van der Waals surface area contributed by atoms with Gasteiger partial charge >= 0.3 is 0 Å². The summed E-state index contributed by atoms with van der Waals surface area (Å²) < 4.78 is 12.8. The summed E-state index contributed by atoms with van der Waals surface area (Å²) in [7, 11) is 1.69. The Bertz CT molecular complexity index is 1030. The monoisotopic (exact) mass is 471 g/mol. The predicted molar refractivity (Wildman–Crippen MR) is 134 cm³/mol. The van der Waals surface area contributed by atoms with Gasteiger partial charge in [0.15, 0.2) is 5.82 Å². The molecule has 0 radical (unpaired) electrons. The number of piperidine rings is 1. The summed E-state index contributed by atoms with van der Waals surface area (Å²) in [6.07, 6.45) is 2.78. The fourth-order valence-corrected chi connectivity index (χ4v) is 4.47. The Morgan fingerprint density at radius 2 is 1.79 bits per heavy atom. The van der Waals surface area contributed by atoms with Crippen LogP contribution in [0.2, 0.25) is 0 Å². The smallest absolute Gasteiger partial charge is 0.201 e. The number of ketones is 1. The number of ether oxygens (including phenoxy) is 2. The van der Waals surface area contributed by atoms with E-state index in [1.807, 2.05) is 47.9 Å². The number of fused-ring (bicyclic) bond motifs is 1. The molecule has 1 aromatic heterocycles. The number of aromatic nitrogens is 2. The molecule has 7 heteroatoms. The molecular weight excluding hydrogens is 438 g/mol. The van der Waals surface area contributed by atoms with Gasteiger partial charge in [0.1, 0.15) is 5.75 Å². The summed E-state index contributed by atoms with van der Waals surface area (Å²) in [5, 5.41) is 0. The SMILES string of the molecule is CCOCCn1c(C(=O)C2CCN(CCc3ccc(OC)cc3)CC2)nc2ccccc21.Cl. The maximum Gasteiger partial charge on any atom is 0.201 e. The Hall–Kier alpha value is -2.41. The molecule has 4 rings (SSSR count). The van der Waals surface area contributed by atoms with E-state index in [1.165, 1.54) is 5.56 Å². The van der Waals surface area contributed by atoms with Crippen molar-refractivity contribution >= 4 is 29.2 Å². The molecule has 0 bridgehead atoms. The summed E-state index contributed by atoms with van der Waals surface area (Å²) in [5.74, 6) is 1.69. The molecule has 3 aromatic rings. The average Bonchev–Trinajstić information content (AvgIpc) is 3.22. The summed E-state index contributed by atoms with van der Waals surface area (Å²) in [6.45, 7) is 6.81. The molecule has 1 aliphatic heterocycles. The van der Waals surface area contributed by atoms with Crippen molar-refractivity contribution in [3.05, 3.63) is 59.9 Å². The van der Waals surface area contributed by atoms with E-state index in [0.29, 0.717) is 25.6 Å². The van der Waals surface area contributed by atoms with Crippen molar-refractivity contribution in [2.75, 3.05) is 40.0 Å². The van der Waals surface area contributed by atoms with Gasteiger partial charge in [-0.2, -0.15) is 0 Å². The summed E-state index contributed by atoms with van der Waals surface area (Å²) in [4.78, 5) is 20.6. The van der Waals surface area contributed by atoms with Gasteiger partial charge < -0.3 is 18.9 Å². The first kappa shape index (κ1) is 25.2. The van der Waals surface area contributed by atoms with Gasteiger partial charge in [-0.1, -0.05) is 24.3 Å². The average molecular weight is 472 g/mol. The third-order valence-electron chi connectivity index (χ3n) is 6.37. The first-order valence-corrected chi connectivity index (χ1v) is 11.6. The van der Waals surface area contributed by atoms with Crippen LogP contribution in [0, 0.1) is 5.92 Å². The van der Waals surface area contributed by atoms with E-state index >= 15 is 0 Å². The van der Waals surface area contributed by atoms with E-state index in [2.05, 4.69) is 17.0 Å². The number of rotatable bonds is 10. The van der Waals surface area contributed by atoms with Crippen molar-refractivity contribution in [2.45, 2.75) is 32.7 Å². The zero-order valence-electron chi connectivity index (χ0n) is 19.5. The van der Waals surface area contributed by atoms with Gasteiger partial charge in [-0.15, -0.1) is 12.4 Å². The highest BCUT2D eigenvalue weighted by Gasteiger charge is 2.29. The van der Waals surface area contributed by atoms with E-state index in [4.69, 9.17) is 14.5 Å². The Kier molecular flexibility index (Phi) is 9.30. The van der Waals surface area contributed by atoms with Crippen LogP contribution >= 0.6 is 12.4 Å². The second kappa shape index (κ2) is 12.2. The Morgan fingerprint density at radius 1 is 1.06 bits per heavy atom. The lowest BCUT2D eigenvalue weighted by Gasteiger charge is -2.31. The summed E-state index contributed by atoms with van der Waals surface area (Å²) in [5.41, 5.74) is 3.20. The van der Waals surface area contributed by atoms with Crippen molar-refractivity contribution in [2.24, 2.45) is 5.92 Å². The Morgan fingerprint density at radius 3 is 2.48 bits per heavy atom. The molecule has 0 amide bonds. The minimum Gasteiger partial charge on any atom is -0.497 e. The molecule has 0 aliphatic carbocycles. The van der Waals surface area contributed by atoms with Crippen LogP contribution in [0.4, 0.5) is 0 Å². The van der Waals surface area contributed by atoms with Crippen LogP contribution in [-0.4, -0.2) is 60.2 Å². The number of para-hydroxylation sites is 2. The van der Waals surface area contributed by atoms with Gasteiger partial charge in [0.2, 0.25) is 5.78 Å². The van der Waals surface area contributed by atoms with E-state index in [0.717, 1.165) is 55.7 Å². The molecule has 1 fully saturated rings. The molecule has 178 valence electrons. The van der Waals surface area contributed by atoms with Gasteiger partial charge in [-0.05, 0) is 69.1 Å². The lowest BCUT2D eigenvalue weighted by atomic mass is 9.92. The number of Topliss-reactive ketones (excluding diaryl/α,β-unsaturated/α-hetero) is 1. The lowest BCUT2D eigenvalue weighted by Crippen LogP contribution is -2.38. The zero-order chi connectivity index (χ0) is 22.3. The topological polar surface area (TPSA) is 56.6 Å². The van der Waals surface area contributed by atoms with Gasteiger partial charge in [0.05, 0.1) is 24.8 Å². The Balaban J connectivity index is 0.00000306. The number of hydrogen-bond acceptors (Lipinski definition) is 5. The van der Waals surface area contributed by atoms with Crippen LogP contribution in [0.15, 0.2) is 48.5 Å². The zero-order valence-corrected chi connectivity index (χ0v) is 20.4. The highest BCUT2D eigenvalue weighted by molar-refractivity contribution is 5.98. The predicted octanol–water partition coefficient (Wildman–Crippen LogP) is 4.64. The fraction of sp³-hybridized carbons (Fsp3) is 0.462. The van der Waals surface area contributed by atoms with E-state index < -0.39 is 0 Å². The molecule has 2 aromatic carbocycles. The molecule has 0 saturated carbocycles. The molecule has 0 unspecified atom stereocenters. The quantitative estimate of drug-likeness (QED) is 0.318. The number of carbonyl (C=O) groups excluding carboxylic acids is 1. The van der Waals surface area contributed by atoms with Gasteiger partial charge in [-0.25, -0.2) is 4.98 Å². The van der Waals surface area contributed by atoms with Crippen molar-refractivity contribution < 1.29 is 14.3 Å². The maximum atomic E-state index is 13.4. The number of benzene rings is 2. The van der Waals surface area contributed by atoms with Gasteiger partial charge in [0, 0.05) is 25.6 Å². The molecule has 0 spiro atoms. The van der Waals surface area contributed by atoms with Crippen LogP contribution in [0.3, 0.4) is 0 Å². The number of nitrogens with zero attached hydrogens (tertiary/aromatic N) is 3. The standard InChI is InChI=1S/C26H33N3O3.ClH/c1-3-32-19-18-29-24-7-5-4-6-23(24)27-26(29)25(30)21-13-16-28(17-14-21)15-12-20-8-10-22(31-2)11-9-20;/h4-11,21H,3,12-19H2,1-2H3;1H. The van der Waals surface area contributed by atoms with Crippen LogP contribution in [0.25, 0.3) is 11.0 Å². The highest BCUT2D eigenvalue weighted by Crippen LogP contribution is 2.25. The van der Waals surface area contributed by atoms with Crippen molar-refractivity contribution in [3.8, 4) is 5.75 Å². The molecule has 1 saturated heterocycles. The molecule has 2 heterocycles. The number of carbonyl (C=O) groups is 1. The van der Waals surface area contributed by atoms with Crippen LogP contribution in [-0.2, 0) is 17.7 Å². The second-order valence-electron chi connectivity index (χ2n) is 8.35. The minimum absolute atomic E-state index is 0. The van der Waals surface area contributed by atoms with Crippen LogP contribution in [0.5, 0.6) is 5.75 Å². The lowest BCUT2D eigenvalue weighted by molar-refractivity contribution is 0.0822. The maximum absolute atomic E-state index is 13.4. The molecular formula is C26H34ClN3O3. The number of hydrogen-bond donors (Lipinski definition) is 0. The summed E-state index contributed by atoms with van der Waals surface area (Å²) in [6, 6.07) is 16.3. The van der Waals surface area contributed by atoms with Crippen molar-refractivity contribution in [1.82, 2.24) is 14.5 Å². The fourth-order valence-electron chi connectivity index (χ4n) is 4.47. The van der Waals surface area contributed by atoms with E-state index in [-0.39, 0.29) is 24.1 Å². The molecule has 1 aliphatic rings. The second-order valence-corrected chi connectivity index (χ2v) is 8.35. The number of imidazole rings is 1. The molecule has 33 heavy (non-hydrogen) atoms. The first-order chi connectivity index (χ1) is 15.7. The van der Waals surface area contributed by atoms with Crippen LogP contribution in [0.1, 0.15) is 35.9 Å². The number of methoxy groups -OCH3 is 1. The summed E-state index contributed by atoms with van der Waals surface area (Å²) >= 11 is 0. The highest BCUT2D eigenvalue weighted by atomic mass is 35.5. The normalized spacial score (nSPS) is 14.8. The molecule has 0 N–H and O–H groups in total. The molecule has 0 atom stereocenters. The number of likely N-dealkylation sites (tertiary alicyclic amines) is 1.